The minimum Gasteiger partial charge on any atom is -0.336 e. The number of nitrogens with one attached hydrogen (secondary N) is 1. The average molecular weight is 305 g/mol. The van der Waals surface area contributed by atoms with E-state index in [9.17, 15) is 9.59 Å². The number of thiophene rings is 1. The number of carbonyl (C=O) groups is 2. The Bertz CT molecular complexity index is 581. The molecule has 0 spiro atoms. The maximum Gasteiger partial charge on any atom is 0.324 e. The van der Waals surface area contributed by atoms with Crippen molar-refractivity contribution in [2.45, 2.75) is 25.3 Å². The highest BCUT2D eigenvalue weighted by Gasteiger charge is 2.41. The van der Waals surface area contributed by atoms with E-state index in [1.807, 2.05) is 11.3 Å². The monoisotopic (exact) mass is 305 g/mol. The fourth-order valence-corrected chi connectivity index (χ4v) is 4.42. The Balaban J connectivity index is 1.52. The highest BCUT2D eigenvalue weighted by molar-refractivity contribution is 7.10. The van der Waals surface area contributed by atoms with Gasteiger partial charge in [-0.1, -0.05) is 0 Å². The first-order chi connectivity index (χ1) is 10.2. The predicted molar refractivity (Wildman–Crippen MR) is 80.2 cm³/mol. The maximum atomic E-state index is 12.4. The summed E-state index contributed by atoms with van der Waals surface area (Å²) in [6.45, 7) is 2.37. The quantitative estimate of drug-likeness (QED) is 0.923. The summed E-state index contributed by atoms with van der Waals surface area (Å²) in [5.74, 6) is 0.633. The molecule has 6 heteroatoms. The van der Waals surface area contributed by atoms with Crippen molar-refractivity contribution in [1.29, 1.82) is 0 Å². The standard InChI is InChI=1S/C15H19N3O2S/c19-13(18-7-5-16-15(18)20)9-17-6-3-12-11(4-8-21-12)14(17)10-1-2-10/h4,8,10,14H,1-3,5-7,9H2,(H,16,20)/t14-/m1/s1. The molecule has 0 radical (unpaired) electrons. The molecule has 3 aliphatic rings. The van der Waals surface area contributed by atoms with Gasteiger partial charge < -0.3 is 5.32 Å². The second-order valence-electron chi connectivity index (χ2n) is 6.08. The summed E-state index contributed by atoms with van der Waals surface area (Å²) in [4.78, 5) is 29.1. The Labute approximate surface area is 127 Å². The molecule has 2 fully saturated rings. The van der Waals surface area contributed by atoms with Crippen LogP contribution in [0.15, 0.2) is 11.4 Å². The number of imide groups is 1. The molecule has 1 saturated heterocycles. The van der Waals surface area contributed by atoms with Crippen LogP contribution in [-0.2, 0) is 11.2 Å². The summed E-state index contributed by atoms with van der Waals surface area (Å²) in [7, 11) is 0. The Morgan fingerprint density at radius 1 is 1.38 bits per heavy atom. The lowest BCUT2D eigenvalue weighted by molar-refractivity contribution is -0.129. The van der Waals surface area contributed by atoms with E-state index in [1.54, 1.807) is 0 Å². The van der Waals surface area contributed by atoms with E-state index in [2.05, 4.69) is 21.7 Å². The molecule has 1 N–H and O–H groups in total. The first-order valence-corrected chi connectivity index (χ1v) is 8.50. The van der Waals surface area contributed by atoms with E-state index in [0.29, 0.717) is 31.6 Å². The molecular formula is C15H19N3O2S. The molecule has 0 aromatic carbocycles. The third kappa shape index (κ3) is 2.36. The molecule has 1 aromatic rings. The van der Waals surface area contributed by atoms with Crippen LogP contribution in [0, 0.1) is 5.92 Å². The van der Waals surface area contributed by atoms with Gasteiger partial charge in [-0.25, -0.2) is 4.79 Å². The molecule has 3 heterocycles. The molecule has 5 nitrogen and oxygen atoms in total. The summed E-state index contributed by atoms with van der Waals surface area (Å²) in [6, 6.07) is 2.37. The zero-order chi connectivity index (χ0) is 14.4. The van der Waals surface area contributed by atoms with Gasteiger partial charge in [0.25, 0.3) is 0 Å². The zero-order valence-corrected chi connectivity index (χ0v) is 12.7. The molecule has 4 rings (SSSR count). The minimum atomic E-state index is -0.240. The van der Waals surface area contributed by atoms with Crippen molar-refractivity contribution in [2.24, 2.45) is 5.92 Å². The molecule has 1 aromatic heterocycles. The Morgan fingerprint density at radius 3 is 2.95 bits per heavy atom. The lowest BCUT2D eigenvalue weighted by Crippen LogP contribution is -2.45. The summed E-state index contributed by atoms with van der Waals surface area (Å²) in [5, 5.41) is 4.86. The molecular weight excluding hydrogens is 286 g/mol. The van der Waals surface area contributed by atoms with Crippen LogP contribution in [0.2, 0.25) is 0 Å². The Morgan fingerprint density at radius 2 is 2.24 bits per heavy atom. The number of fused-ring (bicyclic) bond motifs is 1. The topological polar surface area (TPSA) is 52.7 Å². The second kappa shape index (κ2) is 5.10. The van der Waals surface area contributed by atoms with Gasteiger partial charge in [-0.3, -0.25) is 14.6 Å². The number of carbonyl (C=O) groups excluding carboxylic acids is 2. The number of urea groups is 1. The highest BCUT2D eigenvalue weighted by Crippen LogP contribution is 2.48. The van der Waals surface area contributed by atoms with Crippen LogP contribution in [0.4, 0.5) is 4.79 Å². The molecule has 21 heavy (non-hydrogen) atoms. The van der Waals surface area contributed by atoms with Crippen molar-refractivity contribution in [3.05, 3.63) is 21.9 Å². The third-order valence-corrected chi connectivity index (χ3v) is 5.68. The zero-order valence-electron chi connectivity index (χ0n) is 11.9. The second-order valence-corrected chi connectivity index (χ2v) is 7.08. The third-order valence-electron chi connectivity index (χ3n) is 4.68. The van der Waals surface area contributed by atoms with Crippen molar-refractivity contribution in [3.8, 4) is 0 Å². The lowest BCUT2D eigenvalue weighted by atomic mass is 9.96. The SMILES string of the molecule is O=C(CN1CCc2sccc2[C@H]1C1CC1)N1CCNC1=O. The van der Waals surface area contributed by atoms with Crippen molar-refractivity contribution in [3.63, 3.8) is 0 Å². The van der Waals surface area contributed by atoms with Crippen LogP contribution in [-0.4, -0.2) is 47.9 Å². The first kappa shape index (κ1) is 13.3. The van der Waals surface area contributed by atoms with Crippen molar-refractivity contribution in [2.75, 3.05) is 26.2 Å². The van der Waals surface area contributed by atoms with Gasteiger partial charge in [0, 0.05) is 30.6 Å². The van der Waals surface area contributed by atoms with E-state index in [0.717, 1.165) is 13.0 Å². The summed E-state index contributed by atoms with van der Waals surface area (Å²) >= 11 is 1.83. The molecule has 1 aliphatic carbocycles. The Kier molecular flexibility index (Phi) is 3.23. The van der Waals surface area contributed by atoms with E-state index >= 15 is 0 Å². The lowest BCUT2D eigenvalue weighted by Gasteiger charge is -2.36. The van der Waals surface area contributed by atoms with Crippen molar-refractivity contribution < 1.29 is 9.59 Å². The summed E-state index contributed by atoms with van der Waals surface area (Å²) in [5.41, 5.74) is 1.42. The van der Waals surface area contributed by atoms with E-state index in [4.69, 9.17) is 0 Å². The van der Waals surface area contributed by atoms with Gasteiger partial charge in [-0.15, -0.1) is 11.3 Å². The van der Waals surface area contributed by atoms with Gasteiger partial charge in [0.15, 0.2) is 0 Å². The van der Waals surface area contributed by atoms with Crippen molar-refractivity contribution >= 4 is 23.3 Å². The number of hydrogen-bond acceptors (Lipinski definition) is 4. The summed E-state index contributed by atoms with van der Waals surface area (Å²) < 4.78 is 0. The fraction of sp³-hybridized carbons (Fsp3) is 0.600. The fourth-order valence-electron chi connectivity index (χ4n) is 3.51. The van der Waals surface area contributed by atoms with E-state index in [1.165, 1.54) is 28.2 Å². The van der Waals surface area contributed by atoms with Gasteiger partial charge in [-0.05, 0) is 42.2 Å². The predicted octanol–water partition coefficient (Wildman–Crippen LogP) is 1.61. The van der Waals surface area contributed by atoms with Gasteiger partial charge in [0.2, 0.25) is 5.91 Å². The Hall–Kier alpha value is -1.40. The number of nitrogens with zero attached hydrogens (tertiary/aromatic N) is 2. The van der Waals surface area contributed by atoms with Crippen LogP contribution in [0.1, 0.15) is 29.3 Å². The van der Waals surface area contributed by atoms with Crippen LogP contribution in [0.5, 0.6) is 0 Å². The van der Waals surface area contributed by atoms with Crippen LogP contribution >= 0.6 is 11.3 Å². The highest BCUT2D eigenvalue weighted by atomic mass is 32.1. The van der Waals surface area contributed by atoms with E-state index in [-0.39, 0.29) is 11.9 Å². The number of amides is 3. The molecule has 0 unspecified atom stereocenters. The molecule has 2 aliphatic heterocycles. The van der Waals surface area contributed by atoms with Crippen LogP contribution in [0.3, 0.4) is 0 Å². The van der Waals surface area contributed by atoms with Crippen molar-refractivity contribution in [1.82, 2.24) is 15.1 Å². The molecule has 1 saturated carbocycles. The summed E-state index contributed by atoms with van der Waals surface area (Å²) in [6.07, 6.45) is 3.54. The van der Waals surface area contributed by atoms with Gasteiger partial charge in [-0.2, -0.15) is 0 Å². The first-order valence-electron chi connectivity index (χ1n) is 7.62. The normalized spacial score (nSPS) is 25.8. The maximum absolute atomic E-state index is 12.4. The number of rotatable bonds is 3. The largest absolute Gasteiger partial charge is 0.336 e. The smallest absolute Gasteiger partial charge is 0.324 e. The van der Waals surface area contributed by atoms with Gasteiger partial charge in [0.05, 0.1) is 6.54 Å². The van der Waals surface area contributed by atoms with Crippen LogP contribution < -0.4 is 5.32 Å². The molecule has 1 atom stereocenters. The molecule has 0 bridgehead atoms. The van der Waals surface area contributed by atoms with Crippen LogP contribution in [0.25, 0.3) is 0 Å². The minimum absolute atomic E-state index is 0.0608. The molecule has 3 amide bonds. The number of hydrogen-bond donors (Lipinski definition) is 1. The average Bonchev–Trinajstić information content (AvgIpc) is 3.02. The van der Waals surface area contributed by atoms with Gasteiger partial charge >= 0.3 is 6.03 Å². The van der Waals surface area contributed by atoms with Gasteiger partial charge in [0.1, 0.15) is 0 Å². The van der Waals surface area contributed by atoms with E-state index < -0.39 is 0 Å². The molecule has 112 valence electrons.